The topological polar surface area (TPSA) is 447 Å². The predicted molar refractivity (Wildman–Crippen MR) is 116 cm³/mol. The van der Waals surface area contributed by atoms with E-state index >= 15 is 0 Å². The predicted octanol–water partition coefficient (Wildman–Crippen LogP) is -1.35. The Hall–Kier alpha value is -1.06. The van der Waals surface area contributed by atoms with E-state index in [1.807, 2.05) is 0 Å². The van der Waals surface area contributed by atoms with Gasteiger partial charge in [-0.25, -0.2) is 37.0 Å². The zero-order valence-corrected chi connectivity index (χ0v) is 23.1. The first-order chi connectivity index (χ1) is 16.7. The van der Waals surface area contributed by atoms with Crippen molar-refractivity contribution in [3.63, 3.8) is 0 Å². The number of rotatable bonds is 8. The van der Waals surface area contributed by atoms with Gasteiger partial charge >= 0.3 is 58.9 Å². The summed E-state index contributed by atoms with van der Waals surface area (Å²) >= 11 is 0. The Kier molecular flexibility index (Phi) is 17.8. The molecule has 25 nitrogen and oxygen atoms in total. The van der Waals surface area contributed by atoms with E-state index in [2.05, 4.69) is 12.9 Å². The van der Waals surface area contributed by atoms with Crippen LogP contribution in [-0.2, 0) is 40.3 Å². The highest BCUT2D eigenvalue weighted by Gasteiger charge is 2.29. The second-order valence-corrected chi connectivity index (χ2v) is 13.2. The molecule has 0 atom stereocenters. The second kappa shape index (κ2) is 16.4. The zero-order valence-electron chi connectivity index (χ0n) is 17.7. The molecule has 14 N–H and O–H groups in total. The Morgan fingerprint density at radius 2 is 0.538 bits per heavy atom. The Bertz CT molecular complexity index is 1020. The summed E-state index contributed by atoms with van der Waals surface area (Å²) in [6.07, 6.45) is 0. The van der Waals surface area contributed by atoms with Crippen molar-refractivity contribution in [2.45, 2.75) is 0 Å². The van der Waals surface area contributed by atoms with Crippen molar-refractivity contribution in [3.8, 4) is 0 Å². The fourth-order valence-corrected chi connectivity index (χ4v) is 4.50. The van der Waals surface area contributed by atoms with E-state index in [0.29, 0.717) is 0 Å². The van der Waals surface area contributed by atoms with Gasteiger partial charge in [-0.2, -0.15) is 12.9 Å². The molecule has 0 spiro atoms. The largest absolute Gasteiger partial charge is 0.478 e. The molecule has 0 amide bonds. The van der Waals surface area contributed by atoms with E-state index < -0.39 is 58.9 Å². The standard InChI is InChI=1S/C8H6O4.3H4O7P2/c9-7(10)5-1-2-6(4-3-5)8(11)12;3*1-8(2,3)7-9(4,5)6/h1-4H,(H,9,10)(H,11,12);3*(H2,1,2,3)(H2,4,5,6). The Morgan fingerprint density at radius 1 is 0.410 bits per heavy atom. The molecule has 1 aromatic rings. The van der Waals surface area contributed by atoms with Crippen molar-refractivity contribution in [2.24, 2.45) is 0 Å². The lowest BCUT2D eigenvalue weighted by Gasteiger charge is -2.03. The van der Waals surface area contributed by atoms with Crippen LogP contribution in [0.15, 0.2) is 24.3 Å². The minimum absolute atomic E-state index is 0.0833. The van der Waals surface area contributed by atoms with Crippen LogP contribution < -0.4 is 0 Å². The van der Waals surface area contributed by atoms with Gasteiger partial charge in [0.1, 0.15) is 0 Å². The molecule has 0 fully saturated rings. The zero-order chi connectivity index (χ0) is 32.3. The minimum atomic E-state index is -5.05. The van der Waals surface area contributed by atoms with Crippen molar-refractivity contribution in [3.05, 3.63) is 35.4 Å². The molecular formula is C8H18O25P6. The summed E-state index contributed by atoms with van der Waals surface area (Å²) in [5.74, 6) is -2.13. The number of carboxylic acid groups (broad SMARTS) is 2. The maximum Gasteiger partial charge on any atom is 0.478 e. The molecule has 39 heavy (non-hydrogen) atoms. The van der Waals surface area contributed by atoms with Crippen LogP contribution in [0.5, 0.6) is 0 Å². The lowest BCUT2D eigenvalue weighted by Crippen LogP contribution is -1.99. The maximum absolute atomic E-state index is 10.3. The van der Waals surface area contributed by atoms with Gasteiger partial charge in [0, 0.05) is 0 Å². The number of hydrogen-bond acceptors (Lipinski definition) is 11. The minimum Gasteiger partial charge on any atom is -0.478 e. The highest BCUT2D eigenvalue weighted by molar-refractivity contribution is 7.61. The van der Waals surface area contributed by atoms with E-state index in [0.717, 1.165) is 0 Å². The summed E-state index contributed by atoms with van der Waals surface area (Å²) in [5, 5.41) is 16.9. The number of phosphoric acid groups is 6. The van der Waals surface area contributed by atoms with Crippen LogP contribution in [0.1, 0.15) is 20.7 Å². The van der Waals surface area contributed by atoms with Gasteiger partial charge in [0.15, 0.2) is 0 Å². The Labute approximate surface area is 213 Å². The van der Waals surface area contributed by atoms with Crippen molar-refractivity contribution in [1.82, 2.24) is 0 Å². The first-order valence-electron chi connectivity index (χ1n) is 7.77. The van der Waals surface area contributed by atoms with Crippen LogP contribution >= 0.6 is 46.9 Å². The number of aromatic carboxylic acids is 2. The van der Waals surface area contributed by atoms with Crippen molar-refractivity contribution >= 4 is 58.9 Å². The number of benzene rings is 1. The first-order valence-corrected chi connectivity index (χ1v) is 16.9. The summed E-state index contributed by atoms with van der Waals surface area (Å²) in [5.41, 5.74) is 0.167. The SMILES string of the molecule is O=C(O)c1ccc(C(=O)O)cc1.O=P(O)(O)OP(=O)(O)O.O=P(O)(O)OP(=O)(O)O.O=P(O)(O)OP(=O)(O)O. The number of hydrogen-bond donors (Lipinski definition) is 14. The molecule has 0 saturated heterocycles. The molecule has 1 aromatic carbocycles. The van der Waals surface area contributed by atoms with Gasteiger partial charge in [-0.05, 0) is 24.3 Å². The summed E-state index contributed by atoms with van der Waals surface area (Å²) < 4.78 is 66.6. The van der Waals surface area contributed by atoms with Crippen LogP contribution in [0, 0.1) is 0 Å². The van der Waals surface area contributed by atoms with E-state index in [1.165, 1.54) is 24.3 Å². The summed E-state index contributed by atoms with van der Waals surface area (Å²) in [4.78, 5) is 114. The summed E-state index contributed by atoms with van der Waals surface area (Å²) in [6.45, 7) is 0. The smallest absolute Gasteiger partial charge is 0.478 e. The monoisotopic (exact) mass is 700 g/mol. The first kappa shape index (κ1) is 42.4. The third-order valence-corrected chi connectivity index (χ3v) is 7.12. The number of carboxylic acids is 2. The van der Waals surface area contributed by atoms with E-state index in [-0.39, 0.29) is 11.1 Å². The lowest BCUT2D eigenvalue weighted by molar-refractivity contribution is 0.0681. The molecular weight excluding hydrogens is 682 g/mol. The number of carbonyl (C=O) groups is 2. The van der Waals surface area contributed by atoms with E-state index in [4.69, 9.17) is 68.9 Å². The third kappa shape index (κ3) is 36.9. The summed E-state index contributed by atoms with van der Waals surface area (Å²) in [6, 6.07) is 5.02. The maximum atomic E-state index is 10.3. The molecule has 31 heteroatoms. The average molecular weight is 700 g/mol. The van der Waals surface area contributed by atoms with Crippen molar-refractivity contribution in [1.29, 1.82) is 0 Å². The molecule has 0 aliphatic heterocycles. The Morgan fingerprint density at radius 3 is 0.590 bits per heavy atom. The van der Waals surface area contributed by atoms with Crippen LogP contribution in [0.25, 0.3) is 0 Å². The molecule has 230 valence electrons. The molecule has 0 saturated carbocycles. The van der Waals surface area contributed by atoms with Gasteiger partial charge < -0.3 is 68.9 Å². The van der Waals surface area contributed by atoms with E-state index in [9.17, 15) is 37.0 Å². The molecule has 0 aliphatic carbocycles. The molecule has 1 rings (SSSR count). The van der Waals surface area contributed by atoms with Gasteiger partial charge in [-0.1, -0.05) is 0 Å². The highest BCUT2D eigenvalue weighted by Crippen LogP contribution is 2.55. The summed E-state index contributed by atoms with van der Waals surface area (Å²) in [7, 11) is -30.3. The van der Waals surface area contributed by atoms with Crippen molar-refractivity contribution < 1.29 is 119 Å². The fraction of sp³-hybridized carbons (Fsp3) is 0. The quantitative estimate of drug-likeness (QED) is 0.139. The fourth-order valence-electron chi connectivity index (χ4n) is 1.17. The average Bonchev–Trinajstić information content (AvgIpc) is 2.53. The Balaban J connectivity index is -0.000000448. The van der Waals surface area contributed by atoms with Gasteiger partial charge in [-0.3, -0.25) is 0 Å². The second-order valence-electron chi connectivity index (χ2n) is 5.38. The van der Waals surface area contributed by atoms with Crippen LogP contribution in [-0.4, -0.2) is 80.9 Å². The van der Waals surface area contributed by atoms with Gasteiger partial charge in [0.25, 0.3) is 0 Å². The normalized spacial score (nSPS) is 12.4. The van der Waals surface area contributed by atoms with Crippen LogP contribution in [0.2, 0.25) is 0 Å². The van der Waals surface area contributed by atoms with Crippen LogP contribution in [0.4, 0.5) is 0 Å². The molecule has 0 radical (unpaired) electrons. The molecule has 0 aromatic heterocycles. The van der Waals surface area contributed by atoms with Crippen LogP contribution in [0.3, 0.4) is 0 Å². The highest BCUT2D eigenvalue weighted by atomic mass is 31.3. The molecule has 0 heterocycles. The van der Waals surface area contributed by atoms with Crippen molar-refractivity contribution in [2.75, 3.05) is 0 Å². The van der Waals surface area contributed by atoms with Gasteiger partial charge in [0.2, 0.25) is 0 Å². The molecule has 0 unspecified atom stereocenters. The molecule has 0 aliphatic rings. The lowest BCUT2D eigenvalue weighted by atomic mass is 10.1. The molecule has 0 bridgehead atoms. The third-order valence-electron chi connectivity index (χ3n) is 2.02. The van der Waals surface area contributed by atoms with Gasteiger partial charge in [0.05, 0.1) is 11.1 Å². The van der Waals surface area contributed by atoms with E-state index in [1.54, 1.807) is 0 Å². The van der Waals surface area contributed by atoms with Gasteiger partial charge in [-0.15, -0.1) is 0 Å².